The van der Waals surface area contributed by atoms with Gasteiger partial charge in [0, 0.05) is 12.7 Å². The zero-order valence-corrected chi connectivity index (χ0v) is 12.1. The summed E-state index contributed by atoms with van der Waals surface area (Å²) in [5.74, 6) is 0.125. The zero-order chi connectivity index (χ0) is 14.7. The summed E-state index contributed by atoms with van der Waals surface area (Å²) in [7, 11) is 1.00. The molecule has 2 heteroatoms. The number of aryl methyl sites for hydroxylation is 2. The highest BCUT2D eigenvalue weighted by Gasteiger charge is 1.95. The van der Waals surface area contributed by atoms with Gasteiger partial charge in [0.25, 0.3) is 0 Å². The smallest absolute Gasteiger partial charge is 0.159 e. The molecule has 2 nitrogen and oxygen atoms in total. The summed E-state index contributed by atoms with van der Waals surface area (Å²) in [6, 6.07) is 17.8. The first-order valence-corrected chi connectivity index (χ1v) is 6.13. The minimum absolute atomic E-state index is 0.125. The number of hydrogen-bond acceptors (Lipinski definition) is 2. The molecule has 0 saturated carbocycles. The molecule has 0 aliphatic heterocycles. The zero-order valence-electron chi connectivity index (χ0n) is 12.1. The van der Waals surface area contributed by atoms with E-state index in [-0.39, 0.29) is 5.78 Å². The van der Waals surface area contributed by atoms with Crippen molar-refractivity contribution in [2.45, 2.75) is 20.8 Å². The molecule has 0 fully saturated rings. The van der Waals surface area contributed by atoms with Crippen LogP contribution in [0, 0.1) is 13.8 Å². The van der Waals surface area contributed by atoms with Crippen molar-refractivity contribution in [2.75, 3.05) is 7.11 Å². The molecule has 2 aromatic carbocycles. The predicted molar refractivity (Wildman–Crippen MR) is 80.5 cm³/mol. The summed E-state index contributed by atoms with van der Waals surface area (Å²) < 4.78 is 0. The second-order valence-electron chi connectivity index (χ2n) is 4.08. The first-order valence-electron chi connectivity index (χ1n) is 6.13. The molecule has 0 aliphatic rings. The van der Waals surface area contributed by atoms with Gasteiger partial charge in [0.2, 0.25) is 0 Å². The molecule has 102 valence electrons. The first kappa shape index (κ1) is 17.1. The van der Waals surface area contributed by atoms with Crippen LogP contribution in [0.4, 0.5) is 0 Å². The van der Waals surface area contributed by atoms with E-state index in [2.05, 4.69) is 19.1 Å². The van der Waals surface area contributed by atoms with Gasteiger partial charge in [0.15, 0.2) is 5.78 Å². The van der Waals surface area contributed by atoms with Gasteiger partial charge in [-0.15, -0.1) is 0 Å². The molecule has 0 unspecified atom stereocenters. The fourth-order valence-electron chi connectivity index (χ4n) is 1.32. The van der Waals surface area contributed by atoms with E-state index in [4.69, 9.17) is 5.11 Å². The average Bonchev–Trinajstić information content (AvgIpc) is 2.43. The van der Waals surface area contributed by atoms with Crippen LogP contribution in [0.25, 0.3) is 0 Å². The minimum atomic E-state index is 0.125. The van der Waals surface area contributed by atoms with Crippen molar-refractivity contribution in [3.05, 3.63) is 71.3 Å². The summed E-state index contributed by atoms with van der Waals surface area (Å²) in [6.07, 6.45) is 0. The third-order valence-corrected chi connectivity index (χ3v) is 2.40. The summed E-state index contributed by atoms with van der Waals surface area (Å²) in [6.45, 7) is 5.66. The summed E-state index contributed by atoms with van der Waals surface area (Å²) in [4.78, 5) is 10.8. The number of carbonyl (C=O) groups excluding carboxylic acids is 1. The lowest BCUT2D eigenvalue weighted by atomic mass is 10.1. The molecule has 1 N–H and O–H groups in total. The molecule has 0 spiro atoms. The predicted octanol–water partition coefficient (Wildman–Crippen LogP) is 3.80. The van der Waals surface area contributed by atoms with Crippen LogP contribution in [0.3, 0.4) is 0 Å². The van der Waals surface area contributed by atoms with E-state index < -0.39 is 0 Å². The molecule has 0 bridgehead atoms. The van der Waals surface area contributed by atoms with Gasteiger partial charge in [-0.05, 0) is 20.8 Å². The second kappa shape index (κ2) is 10.0. The largest absolute Gasteiger partial charge is 0.400 e. The number of carbonyl (C=O) groups is 1. The van der Waals surface area contributed by atoms with E-state index in [9.17, 15) is 4.79 Å². The maximum atomic E-state index is 10.8. The quantitative estimate of drug-likeness (QED) is 0.790. The van der Waals surface area contributed by atoms with Crippen LogP contribution >= 0.6 is 0 Å². The Kier molecular flexibility index (Phi) is 9.02. The highest BCUT2D eigenvalue weighted by Crippen LogP contribution is 2.02. The summed E-state index contributed by atoms with van der Waals surface area (Å²) in [5.41, 5.74) is 3.29. The van der Waals surface area contributed by atoms with E-state index in [1.807, 2.05) is 49.4 Å². The molecule has 0 saturated heterocycles. The van der Waals surface area contributed by atoms with E-state index in [0.717, 1.165) is 12.7 Å². The number of hydrogen-bond donors (Lipinski definition) is 1. The van der Waals surface area contributed by atoms with Crippen molar-refractivity contribution >= 4 is 5.78 Å². The van der Waals surface area contributed by atoms with Crippen LogP contribution in [-0.2, 0) is 0 Å². The average molecular weight is 258 g/mol. The monoisotopic (exact) mass is 258 g/mol. The minimum Gasteiger partial charge on any atom is -0.400 e. The van der Waals surface area contributed by atoms with Gasteiger partial charge >= 0.3 is 0 Å². The molecule has 0 amide bonds. The molecule has 0 heterocycles. The van der Waals surface area contributed by atoms with Gasteiger partial charge in [-0.2, -0.15) is 0 Å². The lowest BCUT2D eigenvalue weighted by Crippen LogP contribution is -1.90. The SMILES string of the molecule is CC(=O)c1ccc(C)cc1.CO.Cc1ccccc1. The summed E-state index contributed by atoms with van der Waals surface area (Å²) in [5, 5.41) is 7.00. The van der Waals surface area contributed by atoms with E-state index in [0.29, 0.717) is 0 Å². The first-order chi connectivity index (χ1) is 9.09. The van der Waals surface area contributed by atoms with E-state index in [1.165, 1.54) is 11.1 Å². The third kappa shape index (κ3) is 7.90. The van der Waals surface area contributed by atoms with Crippen molar-refractivity contribution < 1.29 is 9.90 Å². The number of aliphatic hydroxyl groups is 1. The van der Waals surface area contributed by atoms with Crippen LogP contribution in [0.5, 0.6) is 0 Å². The fourth-order valence-corrected chi connectivity index (χ4v) is 1.32. The molecule has 2 aromatic rings. The molecular formula is C17H22O2. The molecule has 0 radical (unpaired) electrons. The van der Waals surface area contributed by atoms with E-state index in [1.54, 1.807) is 6.92 Å². The van der Waals surface area contributed by atoms with Gasteiger partial charge < -0.3 is 5.11 Å². The Hall–Kier alpha value is -1.93. The maximum absolute atomic E-state index is 10.8. The Labute approximate surface area is 115 Å². The standard InChI is InChI=1S/C9H10O.C7H8.CH4O/c1-7-3-5-9(6-4-7)8(2)10;1-7-5-3-2-4-6-7;1-2/h3-6H,1-2H3;2-6H,1H3;2H,1H3. The highest BCUT2D eigenvalue weighted by molar-refractivity contribution is 5.93. The van der Waals surface area contributed by atoms with E-state index >= 15 is 0 Å². The Morgan fingerprint density at radius 2 is 1.21 bits per heavy atom. The molecular weight excluding hydrogens is 236 g/mol. The van der Waals surface area contributed by atoms with Gasteiger partial charge in [-0.3, -0.25) is 4.79 Å². The normalized spacial score (nSPS) is 8.47. The third-order valence-electron chi connectivity index (χ3n) is 2.40. The summed E-state index contributed by atoms with van der Waals surface area (Å²) >= 11 is 0. The fraction of sp³-hybridized carbons (Fsp3) is 0.235. The van der Waals surface area contributed by atoms with Crippen molar-refractivity contribution in [1.29, 1.82) is 0 Å². The Morgan fingerprint density at radius 1 is 0.789 bits per heavy atom. The van der Waals surface area contributed by atoms with Crippen molar-refractivity contribution in [1.82, 2.24) is 0 Å². The van der Waals surface area contributed by atoms with Gasteiger partial charge in [0.05, 0.1) is 0 Å². The number of aliphatic hydroxyl groups excluding tert-OH is 1. The van der Waals surface area contributed by atoms with Crippen LogP contribution in [0.1, 0.15) is 28.4 Å². The van der Waals surface area contributed by atoms with Crippen LogP contribution in [0.15, 0.2) is 54.6 Å². The topological polar surface area (TPSA) is 37.3 Å². The Balaban J connectivity index is 0.000000316. The lowest BCUT2D eigenvalue weighted by Gasteiger charge is -1.93. The van der Waals surface area contributed by atoms with Crippen LogP contribution in [0.2, 0.25) is 0 Å². The van der Waals surface area contributed by atoms with Gasteiger partial charge in [-0.25, -0.2) is 0 Å². The second-order valence-corrected chi connectivity index (χ2v) is 4.08. The molecule has 0 aliphatic carbocycles. The Morgan fingerprint density at radius 3 is 1.53 bits per heavy atom. The van der Waals surface area contributed by atoms with Gasteiger partial charge in [0.1, 0.15) is 0 Å². The van der Waals surface area contributed by atoms with Crippen molar-refractivity contribution in [3.8, 4) is 0 Å². The Bertz CT molecular complexity index is 458. The van der Waals surface area contributed by atoms with Crippen molar-refractivity contribution in [2.24, 2.45) is 0 Å². The number of Topliss-reactive ketones (excluding diaryl/α,β-unsaturated/α-hetero) is 1. The maximum Gasteiger partial charge on any atom is 0.159 e. The van der Waals surface area contributed by atoms with Crippen LogP contribution < -0.4 is 0 Å². The van der Waals surface area contributed by atoms with Gasteiger partial charge in [-0.1, -0.05) is 65.7 Å². The molecule has 19 heavy (non-hydrogen) atoms. The lowest BCUT2D eigenvalue weighted by molar-refractivity contribution is 0.101. The van der Waals surface area contributed by atoms with Crippen LogP contribution in [-0.4, -0.2) is 18.0 Å². The van der Waals surface area contributed by atoms with Crippen molar-refractivity contribution in [3.63, 3.8) is 0 Å². The molecule has 0 aromatic heterocycles. The molecule has 0 atom stereocenters. The number of benzene rings is 2. The number of ketones is 1. The highest BCUT2D eigenvalue weighted by atomic mass is 16.2. The number of rotatable bonds is 1. The molecule has 2 rings (SSSR count).